The van der Waals surface area contributed by atoms with Crippen molar-refractivity contribution in [1.29, 1.82) is 0 Å². The summed E-state index contributed by atoms with van der Waals surface area (Å²) in [6.45, 7) is 4.04. The number of hydrogen-bond acceptors (Lipinski definition) is 3. The molecule has 54 valence electrons. The highest BCUT2D eigenvalue weighted by molar-refractivity contribution is 4.79. The zero-order valence-electron chi connectivity index (χ0n) is 5.63. The molecule has 2 atom stereocenters. The van der Waals surface area contributed by atoms with Crippen molar-refractivity contribution in [2.75, 3.05) is 19.8 Å². The number of rotatable bonds is 2. The van der Waals surface area contributed by atoms with Gasteiger partial charge in [0.1, 0.15) is 0 Å². The molecule has 0 spiro atoms. The maximum absolute atomic E-state index is 9.13. The molecule has 1 rings (SSSR count). The highest BCUT2D eigenvalue weighted by Gasteiger charge is 2.24. The van der Waals surface area contributed by atoms with Gasteiger partial charge in [-0.3, -0.25) is 0 Å². The van der Waals surface area contributed by atoms with E-state index in [1.54, 1.807) is 0 Å². The van der Waals surface area contributed by atoms with Crippen molar-refractivity contribution in [3.8, 4) is 0 Å². The molecular formula is C6H13NO2. The van der Waals surface area contributed by atoms with Crippen LogP contribution in [-0.4, -0.2) is 37.0 Å². The SMILES string of the molecule is CCN[C@@H]1COC[C@H]1O. The molecule has 0 amide bonds. The molecule has 3 nitrogen and oxygen atoms in total. The molecule has 9 heavy (non-hydrogen) atoms. The summed E-state index contributed by atoms with van der Waals surface area (Å²) < 4.78 is 5.01. The first-order valence-electron chi connectivity index (χ1n) is 3.33. The third-order valence-electron chi connectivity index (χ3n) is 1.52. The molecule has 1 aliphatic heterocycles. The fourth-order valence-corrected chi connectivity index (χ4v) is 1.00. The Labute approximate surface area is 55.0 Å². The predicted octanol–water partition coefficient (Wildman–Crippen LogP) is -0.644. The van der Waals surface area contributed by atoms with Gasteiger partial charge in [0.25, 0.3) is 0 Å². The number of ether oxygens (including phenoxy) is 1. The van der Waals surface area contributed by atoms with Gasteiger partial charge in [-0.05, 0) is 6.54 Å². The molecule has 0 bridgehead atoms. The lowest BCUT2D eigenvalue weighted by molar-refractivity contribution is 0.122. The van der Waals surface area contributed by atoms with E-state index in [9.17, 15) is 0 Å². The molecule has 0 aromatic carbocycles. The molecule has 3 heteroatoms. The van der Waals surface area contributed by atoms with Crippen molar-refractivity contribution in [3.05, 3.63) is 0 Å². The molecule has 0 aliphatic carbocycles. The number of nitrogens with one attached hydrogen (secondary N) is 1. The van der Waals surface area contributed by atoms with Crippen LogP contribution < -0.4 is 5.32 Å². The van der Waals surface area contributed by atoms with E-state index in [-0.39, 0.29) is 12.1 Å². The molecule has 0 aromatic heterocycles. The first-order valence-corrected chi connectivity index (χ1v) is 3.33. The van der Waals surface area contributed by atoms with Crippen LogP contribution in [0.4, 0.5) is 0 Å². The lowest BCUT2D eigenvalue weighted by Crippen LogP contribution is -2.38. The minimum absolute atomic E-state index is 0.162. The number of likely N-dealkylation sites (N-methyl/N-ethyl adjacent to an activating group) is 1. The standard InChI is InChI=1S/C6H13NO2/c1-2-7-5-3-9-4-6(5)8/h5-8H,2-4H2,1H3/t5-,6-/m1/s1. The number of aliphatic hydroxyl groups is 1. The summed E-state index contributed by atoms with van der Waals surface area (Å²) in [4.78, 5) is 0. The van der Waals surface area contributed by atoms with Crippen LogP contribution in [-0.2, 0) is 4.74 Å². The highest BCUT2D eigenvalue weighted by atomic mass is 16.5. The van der Waals surface area contributed by atoms with Gasteiger partial charge >= 0.3 is 0 Å². The van der Waals surface area contributed by atoms with Crippen molar-refractivity contribution in [2.24, 2.45) is 0 Å². The average Bonchev–Trinajstić information content (AvgIpc) is 2.18. The smallest absolute Gasteiger partial charge is 0.0948 e. The quantitative estimate of drug-likeness (QED) is 0.523. The maximum Gasteiger partial charge on any atom is 0.0948 e. The third-order valence-corrected chi connectivity index (χ3v) is 1.52. The summed E-state index contributed by atoms with van der Waals surface area (Å²) in [7, 11) is 0. The van der Waals surface area contributed by atoms with Gasteiger partial charge < -0.3 is 15.2 Å². The van der Waals surface area contributed by atoms with E-state index in [2.05, 4.69) is 5.32 Å². The van der Waals surface area contributed by atoms with Gasteiger partial charge in [0, 0.05) is 0 Å². The molecule has 0 aromatic rings. The summed E-state index contributed by atoms with van der Waals surface area (Å²) in [6, 6.07) is 0.162. The largest absolute Gasteiger partial charge is 0.389 e. The van der Waals surface area contributed by atoms with Gasteiger partial charge in [-0.25, -0.2) is 0 Å². The number of aliphatic hydroxyl groups excluding tert-OH is 1. The van der Waals surface area contributed by atoms with E-state index in [1.807, 2.05) is 6.92 Å². The lowest BCUT2D eigenvalue weighted by atomic mass is 10.2. The van der Waals surface area contributed by atoms with E-state index < -0.39 is 0 Å². The second kappa shape index (κ2) is 3.15. The number of hydrogen-bond donors (Lipinski definition) is 2. The van der Waals surface area contributed by atoms with Gasteiger partial charge in [0.2, 0.25) is 0 Å². The Morgan fingerprint density at radius 1 is 1.67 bits per heavy atom. The zero-order valence-corrected chi connectivity index (χ0v) is 5.63. The monoisotopic (exact) mass is 131 g/mol. The second-order valence-electron chi connectivity index (χ2n) is 2.27. The minimum atomic E-state index is -0.301. The van der Waals surface area contributed by atoms with Crippen LogP contribution in [0, 0.1) is 0 Å². The van der Waals surface area contributed by atoms with E-state index in [0.717, 1.165) is 6.54 Å². The summed E-state index contributed by atoms with van der Waals surface area (Å²) in [5.41, 5.74) is 0. The highest BCUT2D eigenvalue weighted by Crippen LogP contribution is 2.03. The lowest BCUT2D eigenvalue weighted by Gasteiger charge is -2.11. The molecule has 1 fully saturated rings. The Morgan fingerprint density at radius 2 is 2.44 bits per heavy atom. The summed E-state index contributed by atoms with van der Waals surface area (Å²) in [5, 5.41) is 12.3. The van der Waals surface area contributed by atoms with Crippen LogP contribution >= 0.6 is 0 Å². The predicted molar refractivity (Wildman–Crippen MR) is 34.3 cm³/mol. The van der Waals surface area contributed by atoms with Crippen molar-refractivity contribution >= 4 is 0 Å². The van der Waals surface area contributed by atoms with E-state index in [4.69, 9.17) is 9.84 Å². The Balaban J connectivity index is 2.22. The fraction of sp³-hybridized carbons (Fsp3) is 1.00. The minimum Gasteiger partial charge on any atom is -0.389 e. The Kier molecular flexibility index (Phi) is 2.45. The van der Waals surface area contributed by atoms with Crippen molar-refractivity contribution in [1.82, 2.24) is 5.32 Å². The first-order chi connectivity index (χ1) is 4.34. The van der Waals surface area contributed by atoms with Crippen LogP contribution in [0.5, 0.6) is 0 Å². The molecule has 1 heterocycles. The summed E-state index contributed by atoms with van der Waals surface area (Å²) >= 11 is 0. The van der Waals surface area contributed by atoms with E-state index >= 15 is 0 Å². The Bertz CT molecular complexity index is 87.1. The molecule has 0 saturated carbocycles. The van der Waals surface area contributed by atoms with Gasteiger partial charge in [0.05, 0.1) is 25.4 Å². The average molecular weight is 131 g/mol. The van der Waals surface area contributed by atoms with Gasteiger partial charge in [0.15, 0.2) is 0 Å². The molecule has 0 radical (unpaired) electrons. The van der Waals surface area contributed by atoms with Gasteiger partial charge in [-0.1, -0.05) is 6.92 Å². The van der Waals surface area contributed by atoms with Gasteiger partial charge in [-0.15, -0.1) is 0 Å². The van der Waals surface area contributed by atoms with Crippen LogP contribution in [0.3, 0.4) is 0 Å². The molecule has 2 N–H and O–H groups in total. The normalized spacial score (nSPS) is 35.3. The molecule has 0 unspecified atom stereocenters. The maximum atomic E-state index is 9.13. The zero-order chi connectivity index (χ0) is 6.69. The topological polar surface area (TPSA) is 41.5 Å². The first kappa shape index (κ1) is 6.99. The third kappa shape index (κ3) is 1.64. The van der Waals surface area contributed by atoms with Gasteiger partial charge in [-0.2, -0.15) is 0 Å². The van der Waals surface area contributed by atoms with Crippen LogP contribution in [0.1, 0.15) is 6.92 Å². The summed E-state index contributed by atoms with van der Waals surface area (Å²) in [5.74, 6) is 0. The Hall–Kier alpha value is -0.120. The molecular weight excluding hydrogens is 118 g/mol. The fourth-order valence-electron chi connectivity index (χ4n) is 1.00. The van der Waals surface area contributed by atoms with Crippen molar-refractivity contribution in [3.63, 3.8) is 0 Å². The summed E-state index contributed by atoms with van der Waals surface area (Å²) in [6.07, 6.45) is -0.301. The Morgan fingerprint density at radius 3 is 2.89 bits per heavy atom. The van der Waals surface area contributed by atoms with Crippen molar-refractivity contribution < 1.29 is 9.84 Å². The van der Waals surface area contributed by atoms with Crippen LogP contribution in [0.25, 0.3) is 0 Å². The van der Waals surface area contributed by atoms with E-state index in [1.165, 1.54) is 0 Å². The van der Waals surface area contributed by atoms with E-state index in [0.29, 0.717) is 13.2 Å². The molecule has 1 saturated heterocycles. The van der Waals surface area contributed by atoms with Crippen LogP contribution in [0.2, 0.25) is 0 Å². The molecule has 1 aliphatic rings. The van der Waals surface area contributed by atoms with Crippen LogP contribution in [0.15, 0.2) is 0 Å². The second-order valence-corrected chi connectivity index (χ2v) is 2.27. The van der Waals surface area contributed by atoms with Crippen molar-refractivity contribution in [2.45, 2.75) is 19.1 Å².